The number of rotatable bonds is 4. The number of aromatic nitrogens is 2. The average Bonchev–Trinajstić information content (AvgIpc) is 2.69. The number of halogens is 2. The summed E-state index contributed by atoms with van der Waals surface area (Å²) in [7, 11) is 0. The molecular formula is C21H22FIN4. The van der Waals surface area contributed by atoms with E-state index >= 15 is 0 Å². The first kappa shape index (κ1) is 18.4. The van der Waals surface area contributed by atoms with Gasteiger partial charge in [-0.25, -0.2) is 9.37 Å². The molecular weight excluding hydrogens is 454 g/mol. The Balaban J connectivity index is 1.74. The Morgan fingerprint density at radius 3 is 2.44 bits per heavy atom. The van der Waals surface area contributed by atoms with E-state index in [0.717, 1.165) is 41.3 Å². The molecule has 3 aromatic rings. The molecule has 4 nitrogen and oxygen atoms in total. The molecule has 0 amide bonds. The number of para-hydroxylation sites is 1. The Morgan fingerprint density at radius 1 is 1.00 bits per heavy atom. The Hall–Kier alpha value is -1.96. The first-order valence-corrected chi connectivity index (χ1v) is 10.4. The van der Waals surface area contributed by atoms with Crippen molar-refractivity contribution in [3.63, 3.8) is 0 Å². The number of piperidine rings is 1. The highest BCUT2D eigenvalue weighted by atomic mass is 127. The van der Waals surface area contributed by atoms with Crippen molar-refractivity contribution in [2.75, 3.05) is 23.3 Å². The fourth-order valence-corrected chi connectivity index (χ4v) is 4.07. The van der Waals surface area contributed by atoms with Crippen LogP contribution < -0.4 is 10.2 Å². The predicted octanol–water partition coefficient (Wildman–Crippen LogP) is 5.48. The molecule has 1 saturated heterocycles. The van der Waals surface area contributed by atoms with E-state index in [1.54, 1.807) is 0 Å². The number of hydrogen-bond acceptors (Lipinski definition) is 4. The van der Waals surface area contributed by atoms with Crippen molar-refractivity contribution < 1.29 is 4.39 Å². The Bertz CT molecular complexity index is 937. The zero-order valence-corrected chi connectivity index (χ0v) is 17.4. The fourth-order valence-electron chi connectivity index (χ4n) is 3.45. The molecule has 4 rings (SSSR count). The second-order valence-corrected chi connectivity index (χ2v) is 9.23. The van der Waals surface area contributed by atoms with Crippen LogP contribution in [0.1, 0.15) is 31.7 Å². The molecule has 0 saturated carbocycles. The molecule has 0 radical (unpaired) electrons. The van der Waals surface area contributed by atoms with Gasteiger partial charge in [0.2, 0.25) is 5.95 Å². The second-order valence-electron chi connectivity index (χ2n) is 7.07. The molecule has 0 spiro atoms. The highest BCUT2D eigenvalue weighted by Gasteiger charge is 2.25. The molecule has 1 fully saturated rings. The summed E-state index contributed by atoms with van der Waals surface area (Å²) in [5, 5.41) is 4.55. The van der Waals surface area contributed by atoms with Crippen molar-refractivity contribution >= 4 is 45.3 Å². The number of benzene rings is 2. The number of anilines is 2. The average molecular weight is 476 g/mol. The zero-order valence-electron chi connectivity index (χ0n) is 15.3. The summed E-state index contributed by atoms with van der Waals surface area (Å²) >= 11 is 2.35. The van der Waals surface area contributed by atoms with Crippen LogP contribution in [0.5, 0.6) is 0 Å². The van der Waals surface area contributed by atoms with Gasteiger partial charge in [0.25, 0.3) is 0 Å². The fraction of sp³-hybridized carbons (Fsp3) is 0.333. The summed E-state index contributed by atoms with van der Waals surface area (Å²) in [6.45, 7) is 4.06. The van der Waals surface area contributed by atoms with Crippen molar-refractivity contribution in [2.24, 2.45) is 0 Å². The van der Waals surface area contributed by atoms with Crippen molar-refractivity contribution in [3.8, 4) is 0 Å². The largest absolute Gasteiger partial charge is 0.351 e. The maximum Gasteiger partial charge on any atom is 0.227 e. The molecule has 1 unspecified atom stereocenters. The van der Waals surface area contributed by atoms with Crippen LogP contribution >= 0.6 is 22.6 Å². The van der Waals surface area contributed by atoms with Gasteiger partial charge >= 0.3 is 0 Å². The molecule has 1 N–H and O–H groups in total. The quantitative estimate of drug-likeness (QED) is 0.308. The second kappa shape index (κ2) is 7.58. The summed E-state index contributed by atoms with van der Waals surface area (Å²) in [6, 6.07) is 14.7. The minimum absolute atomic E-state index is 0.231. The smallest absolute Gasteiger partial charge is 0.227 e. The number of alkyl halides is 1. The minimum atomic E-state index is -0.429. The van der Waals surface area contributed by atoms with Gasteiger partial charge in [-0.1, -0.05) is 24.3 Å². The van der Waals surface area contributed by atoms with E-state index in [2.05, 4.69) is 39.7 Å². The van der Waals surface area contributed by atoms with Gasteiger partial charge in [0.05, 0.1) is 5.52 Å². The first-order valence-electron chi connectivity index (χ1n) is 9.28. The molecule has 2 aromatic carbocycles. The maximum atomic E-state index is 13.3. The standard InChI is InChI=1S/C21H22FIN4/c1-21(23,15-9-11-16(22)12-10-15)26-19-17-7-3-4-8-18(17)24-20(25-19)27-13-5-2-6-14-27/h3-4,7-12H,2,5-6,13-14H2,1H3,(H,24,25,26). The van der Waals surface area contributed by atoms with Crippen LogP contribution in [0.2, 0.25) is 0 Å². The third-order valence-corrected chi connectivity index (χ3v) is 5.86. The number of nitrogens with one attached hydrogen (secondary N) is 1. The van der Waals surface area contributed by atoms with Gasteiger partial charge in [0.15, 0.2) is 0 Å². The van der Waals surface area contributed by atoms with Crippen LogP contribution in [0.25, 0.3) is 10.9 Å². The normalized spacial score (nSPS) is 16.9. The van der Waals surface area contributed by atoms with E-state index in [4.69, 9.17) is 9.97 Å². The Kier molecular flexibility index (Phi) is 5.16. The van der Waals surface area contributed by atoms with E-state index in [9.17, 15) is 4.39 Å². The number of nitrogens with zero attached hydrogens (tertiary/aromatic N) is 3. The molecule has 6 heteroatoms. The molecule has 1 aromatic heterocycles. The van der Waals surface area contributed by atoms with Crippen molar-refractivity contribution in [1.82, 2.24) is 9.97 Å². The number of fused-ring (bicyclic) bond motifs is 1. The molecule has 1 aliphatic rings. The van der Waals surface area contributed by atoms with E-state index in [1.807, 2.05) is 36.4 Å². The number of hydrogen-bond donors (Lipinski definition) is 1. The molecule has 1 atom stereocenters. The van der Waals surface area contributed by atoms with Crippen LogP contribution in [0.3, 0.4) is 0 Å². The highest BCUT2D eigenvalue weighted by Crippen LogP contribution is 2.35. The van der Waals surface area contributed by atoms with Crippen LogP contribution in [-0.4, -0.2) is 23.1 Å². The summed E-state index contributed by atoms with van der Waals surface area (Å²) in [5.41, 5.74) is 1.92. The molecule has 27 heavy (non-hydrogen) atoms. The summed E-state index contributed by atoms with van der Waals surface area (Å²) < 4.78 is 12.9. The van der Waals surface area contributed by atoms with Gasteiger partial charge in [-0.3, -0.25) is 0 Å². The Morgan fingerprint density at radius 2 is 1.70 bits per heavy atom. The van der Waals surface area contributed by atoms with Crippen molar-refractivity contribution in [1.29, 1.82) is 0 Å². The highest BCUT2D eigenvalue weighted by molar-refractivity contribution is 14.1. The van der Waals surface area contributed by atoms with Crippen LogP contribution in [0, 0.1) is 5.82 Å². The summed E-state index contributed by atoms with van der Waals surface area (Å²) in [4.78, 5) is 11.9. The lowest BCUT2D eigenvalue weighted by atomic mass is 10.1. The monoisotopic (exact) mass is 476 g/mol. The van der Waals surface area contributed by atoms with Gasteiger partial charge < -0.3 is 10.2 Å². The summed E-state index contributed by atoms with van der Waals surface area (Å²) in [6.07, 6.45) is 3.63. The van der Waals surface area contributed by atoms with Gasteiger partial charge in [-0.05, 0) is 78.6 Å². The summed E-state index contributed by atoms with van der Waals surface area (Å²) in [5.74, 6) is 1.36. The lowest BCUT2D eigenvalue weighted by molar-refractivity contribution is 0.569. The van der Waals surface area contributed by atoms with Crippen LogP contribution in [0.15, 0.2) is 48.5 Å². The zero-order chi connectivity index (χ0) is 18.9. The SMILES string of the molecule is CC(I)(Nc1nc(N2CCCCC2)nc2ccccc12)c1ccc(F)cc1. The lowest BCUT2D eigenvalue weighted by Crippen LogP contribution is -2.32. The van der Waals surface area contributed by atoms with E-state index < -0.39 is 3.55 Å². The van der Waals surface area contributed by atoms with Gasteiger partial charge in [0, 0.05) is 18.5 Å². The van der Waals surface area contributed by atoms with E-state index in [-0.39, 0.29) is 5.82 Å². The van der Waals surface area contributed by atoms with Crippen LogP contribution in [0.4, 0.5) is 16.2 Å². The van der Waals surface area contributed by atoms with Gasteiger partial charge in [0.1, 0.15) is 15.2 Å². The predicted molar refractivity (Wildman–Crippen MR) is 117 cm³/mol. The lowest BCUT2D eigenvalue weighted by Gasteiger charge is -2.29. The van der Waals surface area contributed by atoms with Crippen molar-refractivity contribution in [3.05, 3.63) is 59.9 Å². The first-order chi connectivity index (χ1) is 13.0. The van der Waals surface area contributed by atoms with Gasteiger partial charge in [-0.2, -0.15) is 4.98 Å². The topological polar surface area (TPSA) is 41.1 Å². The Labute approximate surface area is 172 Å². The molecule has 1 aliphatic heterocycles. The van der Waals surface area contributed by atoms with Gasteiger partial charge in [-0.15, -0.1) is 0 Å². The molecule has 140 valence electrons. The molecule has 0 bridgehead atoms. The third-order valence-electron chi connectivity index (χ3n) is 4.97. The minimum Gasteiger partial charge on any atom is -0.351 e. The third kappa shape index (κ3) is 4.00. The maximum absolute atomic E-state index is 13.3. The van der Waals surface area contributed by atoms with Crippen LogP contribution in [-0.2, 0) is 3.55 Å². The molecule has 0 aliphatic carbocycles. The van der Waals surface area contributed by atoms with E-state index in [1.165, 1.54) is 31.4 Å². The molecule has 2 heterocycles. The van der Waals surface area contributed by atoms with E-state index in [0.29, 0.717) is 0 Å². The van der Waals surface area contributed by atoms with Crippen molar-refractivity contribution in [2.45, 2.75) is 29.7 Å².